The SMILES string of the molecule is Cc1ccccc1NC(=O)CCSc1nnc2ccc3ccccc3n12. The molecule has 0 aliphatic carbocycles. The van der Waals surface area contributed by atoms with Gasteiger partial charge in [-0.05, 0) is 42.1 Å². The van der Waals surface area contributed by atoms with E-state index in [4.69, 9.17) is 0 Å². The number of aryl methyl sites for hydroxylation is 1. The zero-order chi connectivity index (χ0) is 17.9. The summed E-state index contributed by atoms with van der Waals surface area (Å²) < 4.78 is 2.04. The Morgan fingerprint density at radius 1 is 1.04 bits per heavy atom. The van der Waals surface area contributed by atoms with Crippen molar-refractivity contribution in [1.29, 1.82) is 0 Å². The molecule has 0 aliphatic heterocycles. The predicted octanol–water partition coefficient (Wildman–Crippen LogP) is 4.31. The van der Waals surface area contributed by atoms with Crippen LogP contribution in [0, 0.1) is 6.92 Å². The predicted molar refractivity (Wildman–Crippen MR) is 106 cm³/mol. The molecule has 26 heavy (non-hydrogen) atoms. The first-order valence-corrected chi connectivity index (χ1v) is 9.42. The van der Waals surface area contributed by atoms with Gasteiger partial charge >= 0.3 is 0 Å². The number of anilines is 1. The summed E-state index contributed by atoms with van der Waals surface area (Å²) in [5, 5.41) is 13.4. The molecule has 1 N–H and O–H groups in total. The normalized spacial score (nSPS) is 11.1. The van der Waals surface area contributed by atoms with Crippen LogP contribution in [-0.2, 0) is 4.79 Å². The second kappa shape index (κ2) is 7.17. The van der Waals surface area contributed by atoms with Crippen molar-refractivity contribution < 1.29 is 4.79 Å². The summed E-state index contributed by atoms with van der Waals surface area (Å²) >= 11 is 1.54. The van der Waals surface area contributed by atoms with Crippen molar-refractivity contribution in [3.8, 4) is 0 Å². The number of benzene rings is 2. The highest BCUT2D eigenvalue weighted by Crippen LogP contribution is 2.23. The summed E-state index contributed by atoms with van der Waals surface area (Å²) in [5.41, 5.74) is 3.81. The van der Waals surface area contributed by atoms with E-state index >= 15 is 0 Å². The first-order chi connectivity index (χ1) is 12.7. The number of thioether (sulfide) groups is 1. The first kappa shape index (κ1) is 16.6. The van der Waals surface area contributed by atoms with Crippen LogP contribution in [0.1, 0.15) is 12.0 Å². The van der Waals surface area contributed by atoms with Crippen molar-refractivity contribution in [2.45, 2.75) is 18.5 Å². The number of hydrogen-bond donors (Lipinski definition) is 1. The number of nitrogens with one attached hydrogen (secondary N) is 1. The van der Waals surface area contributed by atoms with E-state index in [0.29, 0.717) is 12.2 Å². The van der Waals surface area contributed by atoms with Crippen LogP contribution in [-0.4, -0.2) is 26.3 Å². The minimum Gasteiger partial charge on any atom is -0.326 e. The molecule has 5 nitrogen and oxygen atoms in total. The molecule has 0 radical (unpaired) electrons. The minimum absolute atomic E-state index is 0.00507. The summed E-state index contributed by atoms with van der Waals surface area (Å²) in [5.74, 6) is 0.646. The summed E-state index contributed by atoms with van der Waals surface area (Å²) in [6, 6.07) is 19.9. The number of carbonyl (C=O) groups excluding carboxylic acids is 1. The molecule has 0 saturated heterocycles. The fourth-order valence-electron chi connectivity index (χ4n) is 2.87. The van der Waals surface area contributed by atoms with Gasteiger partial charge in [0.2, 0.25) is 5.91 Å². The van der Waals surface area contributed by atoms with Crippen LogP contribution in [0.5, 0.6) is 0 Å². The van der Waals surface area contributed by atoms with Crippen molar-refractivity contribution in [3.63, 3.8) is 0 Å². The summed E-state index contributed by atoms with van der Waals surface area (Å²) in [7, 11) is 0. The summed E-state index contributed by atoms with van der Waals surface area (Å²) in [4.78, 5) is 12.2. The number of para-hydroxylation sites is 2. The molecule has 0 aliphatic rings. The molecule has 2 heterocycles. The third-order valence-electron chi connectivity index (χ3n) is 4.23. The zero-order valence-electron chi connectivity index (χ0n) is 14.3. The first-order valence-electron chi connectivity index (χ1n) is 8.43. The van der Waals surface area contributed by atoms with E-state index in [9.17, 15) is 4.79 Å². The maximum atomic E-state index is 12.2. The molecule has 2 aromatic heterocycles. The average molecular weight is 362 g/mol. The zero-order valence-corrected chi connectivity index (χ0v) is 15.2. The molecule has 130 valence electrons. The summed E-state index contributed by atoms with van der Waals surface area (Å²) in [6.07, 6.45) is 0.415. The van der Waals surface area contributed by atoms with Crippen LogP contribution in [0.3, 0.4) is 0 Å². The lowest BCUT2D eigenvalue weighted by Gasteiger charge is -2.08. The van der Waals surface area contributed by atoms with Crippen molar-refractivity contribution in [2.75, 3.05) is 11.1 Å². The molecule has 1 amide bonds. The van der Waals surface area contributed by atoms with Crippen molar-refractivity contribution >= 4 is 39.9 Å². The van der Waals surface area contributed by atoms with Crippen molar-refractivity contribution in [2.24, 2.45) is 0 Å². The van der Waals surface area contributed by atoms with E-state index in [1.54, 1.807) is 11.8 Å². The quantitative estimate of drug-likeness (QED) is 0.538. The Morgan fingerprint density at radius 2 is 1.85 bits per heavy atom. The topological polar surface area (TPSA) is 59.3 Å². The molecule has 4 rings (SSSR count). The van der Waals surface area contributed by atoms with Crippen molar-refractivity contribution in [1.82, 2.24) is 14.6 Å². The third-order valence-corrected chi connectivity index (χ3v) is 5.16. The second-order valence-corrected chi connectivity index (χ2v) is 7.09. The lowest BCUT2D eigenvalue weighted by Crippen LogP contribution is -2.13. The number of rotatable bonds is 5. The Hall–Kier alpha value is -2.86. The van der Waals surface area contributed by atoms with E-state index in [1.165, 1.54) is 0 Å². The van der Waals surface area contributed by atoms with E-state index in [0.717, 1.165) is 33.0 Å². The standard InChI is InChI=1S/C20H18N4OS/c1-14-6-2-4-8-16(14)21-19(25)12-13-26-20-23-22-18-11-10-15-7-3-5-9-17(15)24(18)20/h2-11H,12-13H2,1H3,(H,21,25). The van der Waals surface area contributed by atoms with Gasteiger partial charge in [-0.25, -0.2) is 0 Å². The molecule has 6 heteroatoms. The third kappa shape index (κ3) is 3.28. The maximum Gasteiger partial charge on any atom is 0.225 e. The van der Waals surface area contributed by atoms with Crippen LogP contribution in [0.25, 0.3) is 16.6 Å². The van der Waals surface area contributed by atoms with Crippen LogP contribution in [0.15, 0.2) is 65.8 Å². The summed E-state index contributed by atoms with van der Waals surface area (Å²) in [6.45, 7) is 1.98. The van der Waals surface area contributed by atoms with Crippen LogP contribution >= 0.6 is 11.8 Å². The Bertz CT molecular complexity index is 1090. The molecular formula is C20H18N4OS. The highest BCUT2D eigenvalue weighted by molar-refractivity contribution is 7.99. The Morgan fingerprint density at radius 3 is 2.73 bits per heavy atom. The molecule has 2 aromatic carbocycles. The monoisotopic (exact) mass is 362 g/mol. The van der Waals surface area contributed by atoms with Crippen LogP contribution in [0.2, 0.25) is 0 Å². The Balaban J connectivity index is 1.46. The molecular weight excluding hydrogens is 344 g/mol. The van der Waals surface area contributed by atoms with Gasteiger partial charge in [0.1, 0.15) is 0 Å². The lowest BCUT2D eigenvalue weighted by atomic mass is 10.2. The number of fused-ring (bicyclic) bond motifs is 3. The number of pyridine rings is 1. The van der Waals surface area contributed by atoms with Crippen LogP contribution < -0.4 is 5.32 Å². The van der Waals surface area contributed by atoms with Gasteiger partial charge in [-0.15, -0.1) is 10.2 Å². The van der Waals surface area contributed by atoms with Gasteiger partial charge in [0.15, 0.2) is 10.8 Å². The molecule has 0 saturated carbocycles. The van der Waals surface area contributed by atoms with Gasteiger partial charge in [-0.2, -0.15) is 0 Å². The van der Waals surface area contributed by atoms with Gasteiger partial charge in [-0.1, -0.05) is 48.2 Å². The highest BCUT2D eigenvalue weighted by Gasteiger charge is 2.11. The number of aromatic nitrogens is 3. The molecule has 0 unspecified atom stereocenters. The number of carbonyl (C=O) groups is 1. The fourth-order valence-corrected chi connectivity index (χ4v) is 3.76. The van der Waals surface area contributed by atoms with E-state index in [2.05, 4.69) is 27.6 Å². The second-order valence-electron chi connectivity index (χ2n) is 6.03. The molecule has 0 fully saturated rings. The Kier molecular flexibility index (Phi) is 4.58. The number of amides is 1. The minimum atomic E-state index is 0.00507. The van der Waals surface area contributed by atoms with Crippen molar-refractivity contribution in [3.05, 3.63) is 66.2 Å². The largest absolute Gasteiger partial charge is 0.326 e. The van der Waals surface area contributed by atoms with E-state index < -0.39 is 0 Å². The molecule has 4 aromatic rings. The Labute approximate surface area is 155 Å². The van der Waals surface area contributed by atoms with E-state index in [1.807, 2.05) is 59.9 Å². The number of nitrogens with zero attached hydrogens (tertiary/aromatic N) is 3. The number of hydrogen-bond acceptors (Lipinski definition) is 4. The van der Waals surface area contributed by atoms with Crippen LogP contribution in [0.4, 0.5) is 5.69 Å². The van der Waals surface area contributed by atoms with E-state index in [-0.39, 0.29) is 5.91 Å². The van der Waals surface area contributed by atoms with Gasteiger partial charge in [0.05, 0.1) is 5.52 Å². The lowest BCUT2D eigenvalue weighted by molar-refractivity contribution is -0.115. The molecule has 0 spiro atoms. The molecule has 0 bridgehead atoms. The average Bonchev–Trinajstić information content (AvgIpc) is 3.07. The highest BCUT2D eigenvalue weighted by atomic mass is 32.2. The molecule has 0 atom stereocenters. The maximum absolute atomic E-state index is 12.2. The fraction of sp³-hybridized carbons (Fsp3) is 0.150. The smallest absolute Gasteiger partial charge is 0.225 e. The van der Waals surface area contributed by atoms with Gasteiger partial charge in [0, 0.05) is 17.9 Å². The van der Waals surface area contributed by atoms with Gasteiger partial charge < -0.3 is 5.32 Å². The van der Waals surface area contributed by atoms with Gasteiger partial charge in [0.25, 0.3) is 0 Å². The van der Waals surface area contributed by atoms with Gasteiger partial charge in [-0.3, -0.25) is 9.20 Å².